The first-order valence-corrected chi connectivity index (χ1v) is 7.41. The van der Waals surface area contributed by atoms with E-state index in [9.17, 15) is 9.59 Å². The van der Waals surface area contributed by atoms with Crippen LogP contribution in [0.1, 0.15) is 72.1 Å². The fourth-order valence-electron chi connectivity index (χ4n) is 3.00. The van der Waals surface area contributed by atoms with Crippen LogP contribution < -0.4 is 0 Å². The van der Waals surface area contributed by atoms with Gasteiger partial charge in [-0.25, -0.2) is 0 Å². The number of unbranched alkanes of at least 4 members (excludes halogenated alkanes) is 2. The molecule has 2 atom stereocenters. The van der Waals surface area contributed by atoms with Gasteiger partial charge in [0.15, 0.2) is 0 Å². The van der Waals surface area contributed by atoms with Crippen LogP contribution in [0.15, 0.2) is 0 Å². The summed E-state index contributed by atoms with van der Waals surface area (Å²) in [4.78, 5) is 22.4. The minimum absolute atomic E-state index is 0.291. The number of rotatable bonds is 6. The monoisotopic (exact) mass is 252 g/mol. The Labute approximate surface area is 112 Å². The lowest BCUT2D eigenvalue weighted by molar-refractivity contribution is -0.125. The predicted molar refractivity (Wildman–Crippen MR) is 74.4 cm³/mol. The van der Waals surface area contributed by atoms with Gasteiger partial charge in [-0.05, 0) is 43.4 Å². The maximum absolute atomic E-state index is 12.1. The summed E-state index contributed by atoms with van der Waals surface area (Å²) < 4.78 is 0. The van der Waals surface area contributed by atoms with Crippen molar-refractivity contribution in [1.82, 2.24) is 0 Å². The normalized spacial score (nSPS) is 24.8. The lowest BCUT2D eigenvalue weighted by Gasteiger charge is -2.37. The highest BCUT2D eigenvalue weighted by atomic mass is 16.1. The smallest absolute Gasteiger partial charge is 0.135 e. The van der Waals surface area contributed by atoms with E-state index in [2.05, 4.69) is 20.8 Å². The summed E-state index contributed by atoms with van der Waals surface area (Å²) in [6.45, 7) is 6.86. The van der Waals surface area contributed by atoms with Crippen molar-refractivity contribution in [2.75, 3.05) is 0 Å². The van der Waals surface area contributed by atoms with Crippen molar-refractivity contribution in [2.24, 2.45) is 17.3 Å². The molecular weight excluding hydrogens is 224 g/mol. The van der Waals surface area contributed by atoms with Crippen LogP contribution in [0.4, 0.5) is 0 Å². The van der Waals surface area contributed by atoms with Gasteiger partial charge < -0.3 is 4.79 Å². The molecule has 18 heavy (non-hydrogen) atoms. The first-order chi connectivity index (χ1) is 8.45. The molecule has 0 aromatic rings. The van der Waals surface area contributed by atoms with Crippen LogP contribution in [0.25, 0.3) is 0 Å². The molecule has 0 aliphatic heterocycles. The number of ketones is 1. The van der Waals surface area contributed by atoms with Gasteiger partial charge in [0, 0.05) is 18.8 Å². The molecule has 0 heterocycles. The van der Waals surface area contributed by atoms with E-state index in [1.807, 2.05) is 0 Å². The third-order valence-electron chi connectivity index (χ3n) is 4.35. The quantitative estimate of drug-likeness (QED) is 0.525. The van der Waals surface area contributed by atoms with Gasteiger partial charge in [0.2, 0.25) is 0 Å². The second-order valence-electron chi connectivity index (χ2n) is 6.81. The summed E-state index contributed by atoms with van der Waals surface area (Å²) in [6, 6.07) is 0. The predicted octanol–water partition coefficient (Wildman–Crippen LogP) is 4.17. The van der Waals surface area contributed by atoms with Crippen LogP contribution in [0, 0.1) is 17.3 Å². The highest BCUT2D eigenvalue weighted by Gasteiger charge is 2.32. The molecule has 1 aliphatic carbocycles. The molecule has 0 spiro atoms. The second kappa shape index (κ2) is 7.06. The molecule has 2 unspecified atom stereocenters. The van der Waals surface area contributed by atoms with Crippen LogP contribution in [0.5, 0.6) is 0 Å². The Bertz CT molecular complexity index is 275. The van der Waals surface area contributed by atoms with Crippen LogP contribution in [0.3, 0.4) is 0 Å². The van der Waals surface area contributed by atoms with E-state index >= 15 is 0 Å². The first kappa shape index (κ1) is 15.4. The maximum atomic E-state index is 12.1. The molecule has 0 N–H and O–H groups in total. The molecule has 104 valence electrons. The standard InChI is InChI=1S/C16H28O2/c1-16(2,3)14-9-7-8-13(12-14)15(18)10-5-4-6-11-17/h11,13-14H,4-10,12H2,1-3H3. The molecule has 1 saturated carbocycles. The number of Topliss-reactive ketones (excluding diaryl/α,β-unsaturated/α-hetero) is 1. The lowest BCUT2D eigenvalue weighted by Crippen LogP contribution is -2.30. The molecule has 0 radical (unpaired) electrons. The van der Waals surface area contributed by atoms with Crippen molar-refractivity contribution in [2.45, 2.75) is 72.1 Å². The number of hydrogen-bond acceptors (Lipinski definition) is 2. The Balaban J connectivity index is 2.36. The summed E-state index contributed by atoms with van der Waals surface area (Å²) in [5.74, 6) is 1.42. The molecule has 0 bridgehead atoms. The SMILES string of the molecule is CC(C)(C)C1CCCC(C(=O)CCCCC=O)C1. The third-order valence-corrected chi connectivity index (χ3v) is 4.35. The van der Waals surface area contributed by atoms with Crippen LogP contribution in [-0.4, -0.2) is 12.1 Å². The summed E-state index contributed by atoms with van der Waals surface area (Å²) in [5, 5.41) is 0. The fourth-order valence-corrected chi connectivity index (χ4v) is 3.00. The Hall–Kier alpha value is -0.660. The molecule has 2 heteroatoms. The van der Waals surface area contributed by atoms with Crippen molar-refractivity contribution in [3.05, 3.63) is 0 Å². The highest BCUT2D eigenvalue weighted by molar-refractivity contribution is 5.81. The Morgan fingerprint density at radius 3 is 2.56 bits per heavy atom. The molecule has 0 aromatic heterocycles. The number of hydrogen-bond donors (Lipinski definition) is 0. The largest absolute Gasteiger partial charge is 0.303 e. The van der Waals surface area contributed by atoms with E-state index in [4.69, 9.17) is 0 Å². The topological polar surface area (TPSA) is 34.1 Å². The van der Waals surface area contributed by atoms with Gasteiger partial charge >= 0.3 is 0 Å². The third kappa shape index (κ3) is 4.91. The molecule has 0 aromatic carbocycles. The zero-order valence-corrected chi connectivity index (χ0v) is 12.2. The van der Waals surface area contributed by atoms with Gasteiger partial charge in [-0.3, -0.25) is 4.79 Å². The van der Waals surface area contributed by atoms with E-state index in [1.165, 1.54) is 12.8 Å². The summed E-state index contributed by atoms with van der Waals surface area (Å²) in [7, 11) is 0. The average Bonchev–Trinajstić information content (AvgIpc) is 2.33. The second-order valence-corrected chi connectivity index (χ2v) is 6.81. The van der Waals surface area contributed by atoms with Crippen molar-refractivity contribution in [1.29, 1.82) is 0 Å². The lowest BCUT2D eigenvalue weighted by atomic mass is 9.68. The maximum Gasteiger partial charge on any atom is 0.135 e. The van der Waals surface area contributed by atoms with Gasteiger partial charge in [0.25, 0.3) is 0 Å². The Morgan fingerprint density at radius 1 is 1.22 bits per heavy atom. The van der Waals surface area contributed by atoms with Crippen LogP contribution >= 0.6 is 0 Å². The molecule has 1 rings (SSSR count). The van der Waals surface area contributed by atoms with E-state index in [0.717, 1.165) is 32.0 Å². The molecule has 1 aliphatic rings. The van der Waals surface area contributed by atoms with Gasteiger partial charge in [-0.1, -0.05) is 27.2 Å². The van der Waals surface area contributed by atoms with Gasteiger partial charge in [-0.15, -0.1) is 0 Å². The summed E-state index contributed by atoms with van der Waals surface area (Å²) >= 11 is 0. The van der Waals surface area contributed by atoms with E-state index in [0.29, 0.717) is 35.9 Å². The van der Waals surface area contributed by atoms with Crippen molar-refractivity contribution in [3.8, 4) is 0 Å². The van der Waals surface area contributed by atoms with Crippen molar-refractivity contribution < 1.29 is 9.59 Å². The van der Waals surface area contributed by atoms with Crippen molar-refractivity contribution >= 4 is 12.1 Å². The Morgan fingerprint density at radius 2 is 1.94 bits per heavy atom. The molecular formula is C16H28O2. The molecule has 0 saturated heterocycles. The van der Waals surface area contributed by atoms with Gasteiger partial charge in [-0.2, -0.15) is 0 Å². The highest BCUT2D eigenvalue weighted by Crippen LogP contribution is 2.40. The minimum atomic E-state index is 0.291. The molecule has 1 fully saturated rings. The average molecular weight is 252 g/mol. The summed E-state index contributed by atoms with van der Waals surface area (Å²) in [6.07, 6.45) is 8.61. The van der Waals surface area contributed by atoms with Gasteiger partial charge in [0.05, 0.1) is 0 Å². The van der Waals surface area contributed by atoms with Crippen LogP contribution in [0.2, 0.25) is 0 Å². The van der Waals surface area contributed by atoms with E-state index < -0.39 is 0 Å². The molecule has 2 nitrogen and oxygen atoms in total. The number of carbonyl (C=O) groups excluding carboxylic acids is 2. The fraction of sp³-hybridized carbons (Fsp3) is 0.875. The van der Waals surface area contributed by atoms with E-state index in [1.54, 1.807) is 0 Å². The van der Waals surface area contributed by atoms with Crippen molar-refractivity contribution in [3.63, 3.8) is 0 Å². The number of aldehydes is 1. The van der Waals surface area contributed by atoms with Gasteiger partial charge in [0.1, 0.15) is 12.1 Å². The first-order valence-electron chi connectivity index (χ1n) is 7.41. The zero-order valence-electron chi connectivity index (χ0n) is 12.2. The Kier molecular flexibility index (Phi) is 6.04. The molecule has 0 amide bonds. The van der Waals surface area contributed by atoms with Crippen LogP contribution in [-0.2, 0) is 9.59 Å². The van der Waals surface area contributed by atoms with E-state index in [-0.39, 0.29) is 0 Å². The summed E-state index contributed by atoms with van der Waals surface area (Å²) in [5.41, 5.74) is 0.330. The number of carbonyl (C=O) groups is 2. The minimum Gasteiger partial charge on any atom is -0.303 e. The zero-order chi connectivity index (χ0) is 13.6.